The summed E-state index contributed by atoms with van der Waals surface area (Å²) in [6.07, 6.45) is -0.591. The molecule has 0 radical (unpaired) electrons. The molecule has 1 N–H and O–H groups in total. The molecule has 0 saturated carbocycles. The van der Waals surface area contributed by atoms with Crippen molar-refractivity contribution in [2.45, 2.75) is 39.2 Å². The molecule has 2 nitrogen and oxygen atoms in total. The Hall–Kier alpha value is -1.80. The number of benzene rings is 2. The quantitative estimate of drug-likeness (QED) is 0.900. The molecule has 1 unspecified atom stereocenters. The van der Waals surface area contributed by atoms with Crippen molar-refractivity contribution in [3.05, 3.63) is 64.2 Å². The van der Waals surface area contributed by atoms with E-state index >= 15 is 0 Å². The second-order valence-electron chi connectivity index (χ2n) is 6.62. The van der Waals surface area contributed by atoms with Crippen molar-refractivity contribution < 1.29 is 9.84 Å². The molecule has 110 valence electrons. The molecule has 0 aliphatic carbocycles. The standard InChI is InChI=1S/C19H22O2/c1-12-6-5-7-15(13(12)2)18(20)14-8-9-17-16(10-14)19(3,4)11-21-17/h5-10,18,20H,11H2,1-4H3. The molecule has 0 saturated heterocycles. The van der Waals surface area contributed by atoms with Crippen molar-refractivity contribution in [1.82, 2.24) is 0 Å². The monoisotopic (exact) mass is 282 g/mol. The zero-order valence-electron chi connectivity index (χ0n) is 13.1. The van der Waals surface area contributed by atoms with E-state index in [4.69, 9.17) is 4.74 Å². The van der Waals surface area contributed by atoms with Gasteiger partial charge >= 0.3 is 0 Å². The first-order valence-electron chi connectivity index (χ1n) is 7.41. The van der Waals surface area contributed by atoms with Crippen molar-refractivity contribution in [3.8, 4) is 5.75 Å². The van der Waals surface area contributed by atoms with E-state index in [1.165, 1.54) is 11.1 Å². The second kappa shape index (κ2) is 4.88. The average Bonchev–Trinajstić information content (AvgIpc) is 2.76. The Bertz CT molecular complexity index is 686. The molecule has 21 heavy (non-hydrogen) atoms. The van der Waals surface area contributed by atoms with Gasteiger partial charge in [-0.05, 0) is 48.2 Å². The van der Waals surface area contributed by atoms with Gasteiger partial charge in [-0.2, -0.15) is 0 Å². The number of rotatable bonds is 2. The van der Waals surface area contributed by atoms with E-state index in [-0.39, 0.29) is 5.41 Å². The molecule has 0 spiro atoms. The van der Waals surface area contributed by atoms with E-state index in [1.54, 1.807) is 0 Å². The third kappa shape index (κ3) is 2.34. The van der Waals surface area contributed by atoms with Crippen LogP contribution in [0.4, 0.5) is 0 Å². The predicted molar refractivity (Wildman–Crippen MR) is 84.9 cm³/mol. The topological polar surface area (TPSA) is 29.5 Å². The first-order valence-corrected chi connectivity index (χ1v) is 7.41. The first-order chi connectivity index (χ1) is 9.90. The van der Waals surface area contributed by atoms with E-state index in [0.717, 1.165) is 22.4 Å². The molecule has 3 rings (SSSR count). The van der Waals surface area contributed by atoms with Crippen LogP contribution in [0.3, 0.4) is 0 Å². The van der Waals surface area contributed by atoms with Gasteiger partial charge in [0.25, 0.3) is 0 Å². The largest absolute Gasteiger partial charge is 0.492 e. The third-order valence-corrected chi connectivity index (χ3v) is 4.58. The lowest BCUT2D eigenvalue weighted by Gasteiger charge is -2.19. The molecule has 0 fully saturated rings. The fourth-order valence-electron chi connectivity index (χ4n) is 2.96. The lowest BCUT2D eigenvalue weighted by atomic mass is 9.84. The zero-order chi connectivity index (χ0) is 15.2. The van der Waals surface area contributed by atoms with E-state index in [2.05, 4.69) is 39.8 Å². The smallest absolute Gasteiger partial charge is 0.123 e. The number of ether oxygens (including phenoxy) is 1. The predicted octanol–water partition coefficient (Wildman–Crippen LogP) is 4.06. The van der Waals surface area contributed by atoms with Crippen LogP contribution in [0.1, 0.15) is 47.8 Å². The summed E-state index contributed by atoms with van der Waals surface area (Å²) in [5.74, 6) is 0.942. The van der Waals surface area contributed by atoms with E-state index in [9.17, 15) is 5.11 Å². The van der Waals surface area contributed by atoms with Crippen LogP contribution in [-0.2, 0) is 5.41 Å². The maximum absolute atomic E-state index is 10.8. The summed E-state index contributed by atoms with van der Waals surface area (Å²) in [4.78, 5) is 0. The van der Waals surface area contributed by atoms with Gasteiger partial charge < -0.3 is 9.84 Å². The van der Waals surface area contributed by atoms with Crippen molar-refractivity contribution in [2.75, 3.05) is 6.61 Å². The molecule has 2 heteroatoms. The van der Waals surface area contributed by atoms with Crippen LogP contribution in [0.15, 0.2) is 36.4 Å². The van der Waals surface area contributed by atoms with Crippen molar-refractivity contribution in [2.24, 2.45) is 0 Å². The minimum Gasteiger partial charge on any atom is -0.492 e. The van der Waals surface area contributed by atoms with Crippen LogP contribution in [0.5, 0.6) is 5.75 Å². The van der Waals surface area contributed by atoms with Gasteiger partial charge in [-0.15, -0.1) is 0 Å². The van der Waals surface area contributed by atoms with Crippen LogP contribution in [-0.4, -0.2) is 11.7 Å². The number of aliphatic hydroxyl groups is 1. The maximum Gasteiger partial charge on any atom is 0.123 e. The van der Waals surface area contributed by atoms with Gasteiger partial charge in [0, 0.05) is 11.0 Å². The lowest BCUT2D eigenvalue weighted by Crippen LogP contribution is -2.18. The normalized spacial score (nSPS) is 17.2. The summed E-state index contributed by atoms with van der Waals surface area (Å²) in [6.45, 7) is 9.19. The molecule has 1 aliphatic heterocycles. The molecule has 0 aromatic heterocycles. The number of hydrogen-bond acceptors (Lipinski definition) is 2. The van der Waals surface area contributed by atoms with E-state index < -0.39 is 6.10 Å². The van der Waals surface area contributed by atoms with Gasteiger partial charge in [0.15, 0.2) is 0 Å². The van der Waals surface area contributed by atoms with E-state index in [1.807, 2.05) is 24.3 Å². The summed E-state index contributed by atoms with van der Waals surface area (Å²) >= 11 is 0. The van der Waals surface area contributed by atoms with Gasteiger partial charge in [0.05, 0.1) is 6.61 Å². The summed E-state index contributed by atoms with van der Waals surface area (Å²) in [5.41, 5.74) is 5.46. The van der Waals surface area contributed by atoms with Gasteiger partial charge in [-0.1, -0.05) is 38.1 Å². The SMILES string of the molecule is Cc1cccc(C(O)c2ccc3c(c2)C(C)(C)CO3)c1C. The minimum atomic E-state index is -0.591. The summed E-state index contributed by atoms with van der Waals surface area (Å²) < 4.78 is 5.72. The van der Waals surface area contributed by atoms with Gasteiger partial charge in [-0.3, -0.25) is 0 Å². The highest BCUT2D eigenvalue weighted by molar-refractivity contribution is 5.48. The molecule has 1 atom stereocenters. The fraction of sp³-hybridized carbons (Fsp3) is 0.368. The minimum absolute atomic E-state index is 0.00666. The Kier molecular flexibility index (Phi) is 3.29. The molecule has 1 aliphatic rings. The van der Waals surface area contributed by atoms with Gasteiger partial charge in [-0.25, -0.2) is 0 Å². The first kappa shape index (κ1) is 14.2. The Balaban J connectivity index is 2.03. The van der Waals surface area contributed by atoms with Crippen LogP contribution < -0.4 is 4.74 Å². The Morgan fingerprint density at radius 1 is 1.14 bits per heavy atom. The summed E-state index contributed by atoms with van der Waals surface area (Å²) in [5, 5.41) is 10.8. The summed E-state index contributed by atoms with van der Waals surface area (Å²) in [7, 11) is 0. The van der Waals surface area contributed by atoms with Crippen molar-refractivity contribution in [3.63, 3.8) is 0 Å². The highest BCUT2D eigenvalue weighted by atomic mass is 16.5. The number of fused-ring (bicyclic) bond motifs is 1. The molecular weight excluding hydrogens is 260 g/mol. The third-order valence-electron chi connectivity index (χ3n) is 4.58. The molecule has 0 bridgehead atoms. The number of hydrogen-bond donors (Lipinski definition) is 1. The van der Waals surface area contributed by atoms with Crippen molar-refractivity contribution in [1.29, 1.82) is 0 Å². The number of aliphatic hydroxyl groups excluding tert-OH is 1. The average molecular weight is 282 g/mol. The van der Waals surface area contributed by atoms with Crippen molar-refractivity contribution >= 4 is 0 Å². The van der Waals surface area contributed by atoms with Crippen LogP contribution in [0.2, 0.25) is 0 Å². The molecule has 1 heterocycles. The molecule has 2 aromatic rings. The summed E-state index contributed by atoms with van der Waals surface area (Å²) in [6, 6.07) is 12.1. The fourth-order valence-corrected chi connectivity index (χ4v) is 2.96. The zero-order valence-corrected chi connectivity index (χ0v) is 13.1. The Morgan fingerprint density at radius 3 is 2.67 bits per heavy atom. The Morgan fingerprint density at radius 2 is 1.90 bits per heavy atom. The van der Waals surface area contributed by atoms with Crippen LogP contribution in [0, 0.1) is 13.8 Å². The van der Waals surface area contributed by atoms with Crippen LogP contribution in [0.25, 0.3) is 0 Å². The highest BCUT2D eigenvalue weighted by Crippen LogP contribution is 2.40. The van der Waals surface area contributed by atoms with Gasteiger partial charge in [0.1, 0.15) is 11.9 Å². The van der Waals surface area contributed by atoms with Crippen LogP contribution >= 0.6 is 0 Å². The second-order valence-corrected chi connectivity index (χ2v) is 6.62. The lowest BCUT2D eigenvalue weighted by molar-refractivity contribution is 0.219. The van der Waals surface area contributed by atoms with E-state index in [0.29, 0.717) is 6.61 Å². The molecule has 0 amide bonds. The van der Waals surface area contributed by atoms with Gasteiger partial charge in [0.2, 0.25) is 0 Å². The molecular formula is C19H22O2. The highest BCUT2D eigenvalue weighted by Gasteiger charge is 2.32. The Labute approximate surface area is 126 Å². The number of aryl methyl sites for hydroxylation is 1. The molecule has 2 aromatic carbocycles. The maximum atomic E-state index is 10.8.